The van der Waals surface area contributed by atoms with Gasteiger partial charge in [0.1, 0.15) is 0 Å². The van der Waals surface area contributed by atoms with Gasteiger partial charge in [0.25, 0.3) is 0 Å². The number of ether oxygens (including phenoxy) is 1. The number of hydrogen-bond donors (Lipinski definition) is 0. The van der Waals surface area contributed by atoms with Crippen LogP contribution in [0.4, 0.5) is 0 Å². The van der Waals surface area contributed by atoms with E-state index in [0.29, 0.717) is 12.2 Å². The molecule has 0 aromatic rings. The minimum atomic E-state index is 0.555. The third-order valence-corrected chi connectivity index (χ3v) is 3.29. The van der Waals surface area contributed by atoms with Gasteiger partial charge >= 0.3 is 0 Å². The van der Waals surface area contributed by atoms with Crippen LogP contribution in [0.25, 0.3) is 0 Å². The summed E-state index contributed by atoms with van der Waals surface area (Å²) in [6, 6.07) is 0. The van der Waals surface area contributed by atoms with Gasteiger partial charge in [0.15, 0.2) is 0 Å². The molecule has 1 heteroatoms. The standard InChI is InChI=1S/C15H28O/c1-3-5-7-8-9-11-13-15-14(16-15)12-10-6-4-2/h9,11,14-15H,3-8,10,12-13H2,1-2H3/b11-9-/t14-,15+/m0/s1. The molecule has 1 nitrogen and oxygen atoms in total. The summed E-state index contributed by atoms with van der Waals surface area (Å²) >= 11 is 0. The predicted octanol–water partition coefficient (Wildman–Crippen LogP) is 4.86. The summed E-state index contributed by atoms with van der Waals surface area (Å²) in [4.78, 5) is 0. The molecule has 1 rings (SSSR count). The second kappa shape index (κ2) is 8.81. The Hall–Kier alpha value is -0.300. The summed E-state index contributed by atoms with van der Waals surface area (Å²) in [6.45, 7) is 4.51. The van der Waals surface area contributed by atoms with Crippen molar-refractivity contribution in [3.05, 3.63) is 12.2 Å². The van der Waals surface area contributed by atoms with Gasteiger partial charge in [-0.15, -0.1) is 0 Å². The van der Waals surface area contributed by atoms with Gasteiger partial charge in [0.2, 0.25) is 0 Å². The molecule has 2 atom stereocenters. The summed E-state index contributed by atoms with van der Waals surface area (Å²) in [5.74, 6) is 0. The Kier molecular flexibility index (Phi) is 7.58. The Labute approximate surface area is 101 Å². The van der Waals surface area contributed by atoms with Gasteiger partial charge in [-0.2, -0.15) is 0 Å². The first-order valence-corrected chi connectivity index (χ1v) is 7.19. The van der Waals surface area contributed by atoms with E-state index in [9.17, 15) is 0 Å². The van der Waals surface area contributed by atoms with E-state index in [-0.39, 0.29) is 0 Å². The summed E-state index contributed by atoms with van der Waals surface area (Å²) in [6.07, 6.45) is 17.5. The van der Waals surface area contributed by atoms with E-state index in [1.54, 1.807) is 0 Å². The average molecular weight is 224 g/mol. The van der Waals surface area contributed by atoms with Crippen molar-refractivity contribution in [2.45, 2.75) is 83.8 Å². The van der Waals surface area contributed by atoms with Gasteiger partial charge in [-0.05, 0) is 25.7 Å². The first-order valence-electron chi connectivity index (χ1n) is 7.19. The molecule has 0 aromatic heterocycles. The third kappa shape index (κ3) is 6.32. The molecule has 0 unspecified atom stereocenters. The summed E-state index contributed by atoms with van der Waals surface area (Å²) in [5.41, 5.74) is 0. The van der Waals surface area contributed by atoms with Crippen molar-refractivity contribution < 1.29 is 4.74 Å². The van der Waals surface area contributed by atoms with Crippen molar-refractivity contribution in [3.63, 3.8) is 0 Å². The molecule has 0 radical (unpaired) electrons. The van der Waals surface area contributed by atoms with Crippen LogP contribution in [0.3, 0.4) is 0 Å². The molecular weight excluding hydrogens is 196 g/mol. The second-order valence-corrected chi connectivity index (χ2v) is 4.91. The van der Waals surface area contributed by atoms with Crippen molar-refractivity contribution in [1.29, 1.82) is 0 Å². The topological polar surface area (TPSA) is 12.5 Å². The minimum absolute atomic E-state index is 0.555. The monoisotopic (exact) mass is 224 g/mol. The number of rotatable bonds is 10. The first kappa shape index (κ1) is 13.8. The zero-order valence-electron chi connectivity index (χ0n) is 11.1. The SMILES string of the molecule is CCCCC/C=C\C[C@H]1O[C@H]1CCCCC. The zero-order valence-corrected chi connectivity index (χ0v) is 11.1. The molecule has 1 heterocycles. The molecule has 0 spiro atoms. The van der Waals surface area contributed by atoms with Gasteiger partial charge in [0, 0.05) is 0 Å². The number of allylic oxidation sites excluding steroid dienone is 1. The van der Waals surface area contributed by atoms with E-state index in [2.05, 4.69) is 26.0 Å². The molecule has 0 amide bonds. The normalized spacial score (nSPS) is 24.1. The van der Waals surface area contributed by atoms with Crippen LogP contribution >= 0.6 is 0 Å². The van der Waals surface area contributed by atoms with E-state index >= 15 is 0 Å². The van der Waals surface area contributed by atoms with Crippen LogP contribution in [0.2, 0.25) is 0 Å². The molecule has 0 aliphatic carbocycles. The largest absolute Gasteiger partial charge is 0.369 e. The molecule has 0 saturated carbocycles. The fourth-order valence-electron chi connectivity index (χ4n) is 2.10. The van der Waals surface area contributed by atoms with Gasteiger partial charge in [-0.3, -0.25) is 0 Å². The number of epoxide rings is 1. The lowest BCUT2D eigenvalue weighted by atomic mass is 10.1. The van der Waals surface area contributed by atoms with E-state index in [1.165, 1.54) is 51.4 Å². The molecular formula is C15H28O. The first-order chi connectivity index (χ1) is 7.88. The third-order valence-electron chi connectivity index (χ3n) is 3.29. The molecule has 1 aliphatic rings. The van der Waals surface area contributed by atoms with E-state index < -0.39 is 0 Å². The highest BCUT2D eigenvalue weighted by Gasteiger charge is 2.36. The van der Waals surface area contributed by atoms with Crippen molar-refractivity contribution in [2.75, 3.05) is 0 Å². The van der Waals surface area contributed by atoms with Crippen LogP contribution in [0, 0.1) is 0 Å². The second-order valence-electron chi connectivity index (χ2n) is 4.91. The van der Waals surface area contributed by atoms with Gasteiger partial charge < -0.3 is 4.74 Å². The van der Waals surface area contributed by atoms with Gasteiger partial charge in [-0.1, -0.05) is 58.1 Å². The predicted molar refractivity (Wildman–Crippen MR) is 70.7 cm³/mol. The lowest BCUT2D eigenvalue weighted by molar-refractivity contribution is 0.359. The van der Waals surface area contributed by atoms with Crippen LogP contribution in [0.1, 0.15) is 71.6 Å². The molecule has 0 N–H and O–H groups in total. The lowest BCUT2D eigenvalue weighted by Gasteiger charge is -1.93. The number of unbranched alkanes of at least 4 members (excludes halogenated alkanes) is 5. The van der Waals surface area contributed by atoms with Crippen molar-refractivity contribution in [1.82, 2.24) is 0 Å². The van der Waals surface area contributed by atoms with E-state index in [1.807, 2.05) is 0 Å². The Morgan fingerprint density at radius 3 is 2.38 bits per heavy atom. The summed E-state index contributed by atoms with van der Waals surface area (Å²) in [5, 5.41) is 0. The maximum absolute atomic E-state index is 5.64. The maximum atomic E-state index is 5.64. The van der Waals surface area contributed by atoms with Crippen molar-refractivity contribution >= 4 is 0 Å². The van der Waals surface area contributed by atoms with Crippen LogP contribution < -0.4 is 0 Å². The summed E-state index contributed by atoms with van der Waals surface area (Å²) in [7, 11) is 0. The van der Waals surface area contributed by atoms with Crippen LogP contribution in [-0.4, -0.2) is 12.2 Å². The summed E-state index contributed by atoms with van der Waals surface area (Å²) < 4.78 is 5.64. The van der Waals surface area contributed by atoms with Gasteiger partial charge in [-0.25, -0.2) is 0 Å². The van der Waals surface area contributed by atoms with E-state index in [0.717, 1.165) is 6.42 Å². The molecule has 1 fully saturated rings. The highest BCUT2D eigenvalue weighted by molar-refractivity contribution is 4.93. The van der Waals surface area contributed by atoms with Crippen LogP contribution in [0.15, 0.2) is 12.2 Å². The smallest absolute Gasteiger partial charge is 0.0876 e. The fourth-order valence-corrected chi connectivity index (χ4v) is 2.10. The minimum Gasteiger partial charge on any atom is -0.369 e. The molecule has 1 saturated heterocycles. The van der Waals surface area contributed by atoms with Crippen molar-refractivity contribution in [2.24, 2.45) is 0 Å². The molecule has 0 bridgehead atoms. The fraction of sp³-hybridized carbons (Fsp3) is 0.867. The quantitative estimate of drug-likeness (QED) is 0.293. The van der Waals surface area contributed by atoms with E-state index in [4.69, 9.17) is 4.74 Å². The zero-order chi connectivity index (χ0) is 11.6. The number of hydrogen-bond acceptors (Lipinski definition) is 1. The highest BCUT2D eigenvalue weighted by atomic mass is 16.6. The van der Waals surface area contributed by atoms with Crippen LogP contribution in [0.5, 0.6) is 0 Å². The Balaban J connectivity index is 1.88. The Morgan fingerprint density at radius 1 is 0.875 bits per heavy atom. The van der Waals surface area contributed by atoms with Gasteiger partial charge in [0.05, 0.1) is 12.2 Å². The average Bonchev–Trinajstić information content (AvgIpc) is 3.03. The molecule has 0 aromatic carbocycles. The highest BCUT2D eigenvalue weighted by Crippen LogP contribution is 2.30. The lowest BCUT2D eigenvalue weighted by Crippen LogP contribution is -1.92. The van der Waals surface area contributed by atoms with Crippen molar-refractivity contribution in [3.8, 4) is 0 Å². The molecule has 94 valence electrons. The molecule has 16 heavy (non-hydrogen) atoms. The Morgan fingerprint density at radius 2 is 1.62 bits per heavy atom. The molecule has 1 aliphatic heterocycles. The Bertz CT molecular complexity index is 186. The van der Waals surface area contributed by atoms with Crippen LogP contribution in [-0.2, 0) is 4.74 Å². The maximum Gasteiger partial charge on any atom is 0.0876 e.